The van der Waals surface area contributed by atoms with Crippen LogP contribution in [0.5, 0.6) is 11.5 Å². The van der Waals surface area contributed by atoms with Gasteiger partial charge >= 0.3 is 5.69 Å². The van der Waals surface area contributed by atoms with Gasteiger partial charge < -0.3 is 4.74 Å². The molecule has 0 fully saturated rings. The van der Waals surface area contributed by atoms with Crippen LogP contribution in [0.4, 0.5) is 5.69 Å². The molecule has 92 valence electrons. The molecule has 2 aromatic rings. The number of rotatable bonds is 3. The number of para-hydroxylation sites is 1. The number of hydrogen-bond acceptors (Lipinski definition) is 3. The van der Waals surface area contributed by atoms with Crippen LogP contribution in [0.15, 0.2) is 42.5 Å². The molecule has 0 N–H and O–H groups in total. The van der Waals surface area contributed by atoms with Gasteiger partial charge in [-0.25, -0.2) is 0 Å². The lowest BCUT2D eigenvalue weighted by atomic mass is 10.2. The molecule has 0 heterocycles. The van der Waals surface area contributed by atoms with Crippen molar-refractivity contribution >= 4 is 17.3 Å². The van der Waals surface area contributed by atoms with Gasteiger partial charge in [-0.2, -0.15) is 0 Å². The Morgan fingerprint density at radius 3 is 2.56 bits per heavy atom. The summed E-state index contributed by atoms with van der Waals surface area (Å²) in [7, 11) is 0. The second kappa shape index (κ2) is 5.06. The van der Waals surface area contributed by atoms with Crippen LogP contribution >= 0.6 is 11.6 Å². The van der Waals surface area contributed by atoms with E-state index in [-0.39, 0.29) is 11.4 Å². The van der Waals surface area contributed by atoms with Gasteiger partial charge in [-0.05, 0) is 30.7 Å². The minimum atomic E-state index is -0.473. The number of aryl methyl sites for hydroxylation is 1. The van der Waals surface area contributed by atoms with Gasteiger partial charge in [0.25, 0.3) is 0 Å². The molecule has 2 aromatic carbocycles. The first-order valence-electron chi connectivity index (χ1n) is 5.25. The topological polar surface area (TPSA) is 52.4 Å². The zero-order valence-electron chi connectivity index (χ0n) is 9.59. The van der Waals surface area contributed by atoms with E-state index in [2.05, 4.69) is 0 Å². The first-order valence-corrected chi connectivity index (χ1v) is 5.63. The van der Waals surface area contributed by atoms with Gasteiger partial charge in [0.05, 0.1) is 9.95 Å². The van der Waals surface area contributed by atoms with Crippen LogP contribution in [0.25, 0.3) is 0 Å². The van der Waals surface area contributed by atoms with Crippen molar-refractivity contribution in [2.75, 3.05) is 0 Å². The molecule has 0 amide bonds. The molecule has 0 unspecified atom stereocenters. The standard InChI is InChI=1S/C13H10ClNO3/c1-9-6-7-13(11(8-9)15(16)17)18-12-5-3-2-4-10(12)14/h2-8H,1H3. The zero-order valence-corrected chi connectivity index (χ0v) is 10.3. The van der Waals surface area contributed by atoms with Gasteiger partial charge in [-0.3, -0.25) is 10.1 Å². The Hall–Kier alpha value is -2.07. The van der Waals surface area contributed by atoms with Crippen molar-refractivity contribution in [3.8, 4) is 11.5 Å². The van der Waals surface area contributed by atoms with Crippen LogP contribution in [0.2, 0.25) is 5.02 Å². The third-order valence-electron chi connectivity index (χ3n) is 2.37. The highest BCUT2D eigenvalue weighted by atomic mass is 35.5. The number of ether oxygens (including phenoxy) is 1. The first-order chi connectivity index (χ1) is 8.58. The average Bonchev–Trinajstić information content (AvgIpc) is 2.34. The van der Waals surface area contributed by atoms with E-state index in [1.807, 2.05) is 0 Å². The van der Waals surface area contributed by atoms with Crippen molar-refractivity contribution in [3.63, 3.8) is 0 Å². The predicted octanol–water partition coefficient (Wildman–Crippen LogP) is 4.35. The number of nitrogens with zero attached hydrogens (tertiary/aromatic N) is 1. The lowest BCUT2D eigenvalue weighted by Gasteiger charge is -2.08. The Kier molecular flexibility index (Phi) is 3.48. The Labute approximate surface area is 109 Å². The van der Waals surface area contributed by atoms with E-state index in [0.717, 1.165) is 5.56 Å². The highest BCUT2D eigenvalue weighted by Gasteiger charge is 2.16. The molecule has 0 bridgehead atoms. The van der Waals surface area contributed by atoms with Crippen molar-refractivity contribution in [2.45, 2.75) is 6.92 Å². The van der Waals surface area contributed by atoms with Crippen LogP contribution in [0.3, 0.4) is 0 Å². The van der Waals surface area contributed by atoms with Crippen LogP contribution in [0, 0.1) is 17.0 Å². The molecule has 2 rings (SSSR count). The second-order valence-corrected chi connectivity index (χ2v) is 4.17. The maximum Gasteiger partial charge on any atom is 0.311 e. The fraction of sp³-hybridized carbons (Fsp3) is 0.0769. The molecule has 4 nitrogen and oxygen atoms in total. The van der Waals surface area contributed by atoms with Crippen molar-refractivity contribution < 1.29 is 9.66 Å². The summed E-state index contributed by atoms with van der Waals surface area (Å²) in [4.78, 5) is 10.5. The van der Waals surface area contributed by atoms with Gasteiger partial charge in [0, 0.05) is 6.07 Å². The minimum Gasteiger partial charge on any atom is -0.449 e. The van der Waals surface area contributed by atoms with Gasteiger partial charge in [0.1, 0.15) is 5.75 Å². The van der Waals surface area contributed by atoms with E-state index < -0.39 is 4.92 Å². The summed E-state index contributed by atoms with van der Waals surface area (Å²) >= 11 is 5.94. The van der Waals surface area contributed by atoms with Gasteiger partial charge in [-0.1, -0.05) is 29.8 Å². The number of halogens is 1. The molecule has 18 heavy (non-hydrogen) atoms. The molecule has 0 spiro atoms. The molecule has 5 heteroatoms. The Morgan fingerprint density at radius 2 is 1.89 bits per heavy atom. The SMILES string of the molecule is Cc1ccc(Oc2ccccc2Cl)c([N+](=O)[O-])c1. The molecule has 0 aliphatic rings. The summed E-state index contributed by atoms with van der Waals surface area (Å²) in [6, 6.07) is 11.6. The van der Waals surface area contributed by atoms with Crippen LogP contribution in [-0.2, 0) is 0 Å². The lowest BCUT2D eigenvalue weighted by Crippen LogP contribution is -1.94. The van der Waals surface area contributed by atoms with Crippen molar-refractivity contribution in [3.05, 3.63) is 63.2 Å². The van der Waals surface area contributed by atoms with E-state index >= 15 is 0 Å². The lowest BCUT2D eigenvalue weighted by molar-refractivity contribution is -0.385. The average molecular weight is 264 g/mol. The fourth-order valence-corrected chi connectivity index (χ4v) is 1.68. The van der Waals surface area contributed by atoms with E-state index in [0.29, 0.717) is 10.8 Å². The Morgan fingerprint density at radius 1 is 1.17 bits per heavy atom. The predicted molar refractivity (Wildman–Crippen MR) is 69.4 cm³/mol. The van der Waals surface area contributed by atoms with E-state index in [1.165, 1.54) is 6.07 Å². The Bertz CT molecular complexity index is 599. The molecule has 0 saturated carbocycles. The molecule has 0 radical (unpaired) electrons. The van der Waals surface area contributed by atoms with E-state index in [4.69, 9.17) is 16.3 Å². The highest BCUT2D eigenvalue weighted by molar-refractivity contribution is 6.32. The summed E-state index contributed by atoms with van der Waals surface area (Å²) < 4.78 is 5.48. The normalized spacial score (nSPS) is 10.1. The Balaban J connectivity index is 2.41. The summed E-state index contributed by atoms with van der Waals surface area (Å²) in [5.74, 6) is 0.574. The van der Waals surface area contributed by atoms with Crippen LogP contribution < -0.4 is 4.74 Å². The maximum atomic E-state index is 10.9. The molecule has 0 aliphatic heterocycles. The van der Waals surface area contributed by atoms with Crippen LogP contribution in [0.1, 0.15) is 5.56 Å². The largest absolute Gasteiger partial charge is 0.449 e. The van der Waals surface area contributed by atoms with Gasteiger partial charge in [0.15, 0.2) is 0 Å². The summed E-state index contributed by atoms with van der Waals surface area (Å²) in [6.07, 6.45) is 0. The summed E-state index contributed by atoms with van der Waals surface area (Å²) in [5.41, 5.74) is 0.725. The number of benzene rings is 2. The van der Waals surface area contributed by atoms with Crippen molar-refractivity contribution in [2.24, 2.45) is 0 Å². The second-order valence-electron chi connectivity index (χ2n) is 3.76. The summed E-state index contributed by atoms with van der Waals surface area (Å²) in [5, 5.41) is 11.4. The minimum absolute atomic E-state index is 0.0741. The quantitative estimate of drug-likeness (QED) is 0.611. The first kappa shape index (κ1) is 12.4. The third-order valence-corrected chi connectivity index (χ3v) is 2.68. The van der Waals surface area contributed by atoms with Gasteiger partial charge in [-0.15, -0.1) is 0 Å². The molecule has 0 saturated heterocycles. The van der Waals surface area contributed by atoms with Crippen molar-refractivity contribution in [1.82, 2.24) is 0 Å². The monoisotopic (exact) mass is 263 g/mol. The van der Waals surface area contributed by atoms with E-state index in [1.54, 1.807) is 43.3 Å². The molecular formula is C13H10ClNO3. The smallest absolute Gasteiger partial charge is 0.311 e. The number of hydrogen-bond donors (Lipinski definition) is 0. The maximum absolute atomic E-state index is 10.9. The molecular weight excluding hydrogens is 254 g/mol. The highest BCUT2D eigenvalue weighted by Crippen LogP contribution is 2.34. The van der Waals surface area contributed by atoms with E-state index in [9.17, 15) is 10.1 Å². The number of nitro benzene ring substituents is 1. The van der Waals surface area contributed by atoms with Crippen molar-refractivity contribution in [1.29, 1.82) is 0 Å². The molecule has 0 aliphatic carbocycles. The third kappa shape index (κ3) is 2.60. The number of nitro groups is 1. The summed E-state index contributed by atoms with van der Waals surface area (Å²) in [6.45, 7) is 1.78. The molecule has 0 atom stereocenters. The fourth-order valence-electron chi connectivity index (χ4n) is 1.50. The van der Waals surface area contributed by atoms with Gasteiger partial charge in [0.2, 0.25) is 5.75 Å². The van der Waals surface area contributed by atoms with Crippen LogP contribution in [-0.4, -0.2) is 4.92 Å². The zero-order chi connectivity index (χ0) is 13.1. The molecule has 0 aromatic heterocycles.